The van der Waals surface area contributed by atoms with Gasteiger partial charge in [-0.2, -0.15) is 0 Å². The van der Waals surface area contributed by atoms with Gasteiger partial charge in [0.05, 0.1) is 19.8 Å². The van der Waals surface area contributed by atoms with E-state index in [0.29, 0.717) is 13.0 Å². The first-order valence-corrected chi connectivity index (χ1v) is 11.1. The van der Waals surface area contributed by atoms with E-state index in [9.17, 15) is 14.3 Å². The van der Waals surface area contributed by atoms with Crippen LogP contribution in [0.5, 0.6) is 0 Å². The number of H-pyrrole nitrogens is 1. The molecule has 0 amide bonds. The van der Waals surface area contributed by atoms with Gasteiger partial charge in [-0.05, 0) is 42.2 Å². The summed E-state index contributed by atoms with van der Waals surface area (Å²) in [7, 11) is 1.44. The Labute approximate surface area is 186 Å². The average Bonchev–Trinajstić information content (AvgIpc) is 3.20. The smallest absolute Gasteiger partial charge is 0.323 e. The van der Waals surface area contributed by atoms with E-state index in [1.165, 1.54) is 19.2 Å². The first kappa shape index (κ1) is 21.1. The van der Waals surface area contributed by atoms with Crippen molar-refractivity contribution < 1.29 is 19.0 Å². The van der Waals surface area contributed by atoms with E-state index >= 15 is 0 Å². The fraction of sp³-hybridized carbons (Fsp3) is 0.400. The van der Waals surface area contributed by atoms with Gasteiger partial charge in [-0.25, -0.2) is 4.39 Å². The number of ether oxygens (including phenoxy) is 1. The summed E-state index contributed by atoms with van der Waals surface area (Å²) in [5, 5.41) is 14.0. The molecular formula is C25H28FN3O3. The van der Waals surface area contributed by atoms with Gasteiger partial charge in [-0.3, -0.25) is 9.69 Å². The molecule has 6 nitrogen and oxygen atoms in total. The molecule has 0 aliphatic carbocycles. The number of para-hydroxylation sites is 1. The zero-order valence-electron chi connectivity index (χ0n) is 18.1. The Morgan fingerprint density at radius 3 is 2.69 bits per heavy atom. The predicted octanol–water partition coefficient (Wildman–Crippen LogP) is 3.23. The van der Waals surface area contributed by atoms with Crippen molar-refractivity contribution in [1.82, 2.24) is 15.2 Å². The number of hydrogen-bond acceptors (Lipinski definition) is 5. The number of aromatic amines is 1. The molecule has 0 bridgehead atoms. The summed E-state index contributed by atoms with van der Waals surface area (Å²) in [6.45, 7) is 0.571. The number of benzene rings is 2. The quantitative estimate of drug-likeness (QED) is 0.535. The molecule has 5 rings (SSSR count). The summed E-state index contributed by atoms with van der Waals surface area (Å²) in [6, 6.07) is 14.3. The number of hydrogen-bond donors (Lipinski definition) is 3. The first-order valence-electron chi connectivity index (χ1n) is 11.1. The Morgan fingerprint density at radius 2 is 1.94 bits per heavy atom. The number of rotatable bonds is 5. The first-order chi connectivity index (χ1) is 15.6. The molecule has 0 unspecified atom stereocenters. The standard InChI is InChI=1S/C25H28FN3O3/c1-32-25(31)23-14-19-18-4-2-3-5-20(18)28-24(19)22-13-17(27-10-11-30)12-21(29(22)23)15-6-8-16(26)9-7-15/h2-9,17,21-23,27-28,30H,10-14H2,1H3/t17-,21+,22-,23+/m1/s1. The number of aliphatic hydroxyl groups is 1. The summed E-state index contributed by atoms with van der Waals surface area (Å²) in [6.07, 6.45) is 2.12. The lowest BCUT2D eigenvalue weighted by Gasteiger charge is -2.50. The molecule has 3 N–H and O–H groups in total. The largest absolute Gasteiger partial charge is 0.468 e. The lowest BCUT2D eigenvalue weighted by Crippen LogP contribution is -2.55. The van der Waals surface area contributed by atoms with Gasteiger partial charge in [-0.15, -0.1) is 0 Å². The van der Waals surface area contributed by atoms with Crippen molar-refractivity contribution in [1.29, 1.82) is 0 Å². The molecule has 4 atom stereocenters. The topological polar surface area (TPSA) is 77.6 Å². The fourth-order valence-corrected chi connectivity index (χ4v) is 5.59. The number of fused-ring (bicyclic) bond motifs is 5. The highest BCUT2D eigenvalue weighted by Gasteiger charge is 2.48. The molecule has 1 aromatic heterocycles. The fourth-order valence-electron chi connectivity index (χ4n) is 5.59. The third-order valence-corrected chi connectivity index (χ3v) is 6.95. The van der Waals surface area contributed by atoms with Crippen LogP contribution in [0.4, 0.5) is 4.39 Å². The number of esters is 1. The number of carbonyl (C=O) groups is 1. The highest BCUT2D eigenvalue weighted by Crippen LogP contribution is 2.48. The van der Waals surface area contributed by atoms with Gasteiger partial charge in [-0.1, -0.05) is 30.3 Å². The number of halogens is 1. The van der Waals surface area contributed by atoms with Crippen molar-refractivity contribution >= 4 is 16.9 Å². The zero-order valence-corrected chi connectivity index (χ0v) is 18.1. The minimum atomic E-state index is -0.425. The molecule has 3 aromatic rings. The number of aromatic nitrogens is 1. The highest BCUT2D eigenvalue weighted by atomic mass is 19.1. The van der Waals surface area contributed by atoms with Crippen molar-refractivity contribution in [3.8, 4) is 0 Å². The SMILES string of the molecule is COC(=O)[C@@H]1Cc2c([nH]c3ccccc23)[C@H]2C[C@H](NCCO)C[C@@H](c3ccc(F)cc3)N21. The number of piperidine rings is 1. The lowest BCUT2D eigenvalue weighted by molar-refractivity contribution is -0.152. The molecule has 7 heteroatoms. The molecule has 168 valence electrons. The van der Waals surface area contributed by atoms with Crippen LogP contribution in [0.3, 0.4) is 0 Å². The van der Waals surface area contributed by atoms with Crippen LogP contribution in [0.15, 0.2) is 48.5 Å². The van der Waals surface area contributed by atoms with Crippen molar-refractivity contribution in [2.75, 3.05) is 20.3 Å². The molecule has 1 fully saturated rings. The Bertz CT molecular complexity index is 1110. The molecule has 2 aliphatic rings. The van der Waals surface area contributed by atoms with Crippen molar-refractivity contribution in [2.45, 2.75) is 43.4 Å². The summed E-state index contributed by atoms with van der Waals surface area (Å²) >= 11 is 0. The highest BCUT2D eigenvalue weighted by molar-refractivity contribution is 5.87. The normalized spacial score (nSPS) is 25.3. The van der Waals surface area contributed by atoms with E-state index in [1.807, 2.05) is 12.1 Å². The molecular weight excluding hydrogens is 409 g/mol. The maximum absolute atomic E-state index is 13.7. The third kappa shape index (κ3) is 3.60. The van der Waals surface area contributed by atoms with E-state index in [4.69, 9.17) is 4.74 Å². The van der Waals surface area contributed by atoms with Crippen LogP contribution in [-0.2, 0) is 16.0 Å². The Balaban J connectivity index is 1.64. The minimum absolute atomic E-state index is 0.0322. The van der Waals surface area contributed by atoms with E-state index < -0.39 is 6.04 Å². The summed E-state index contributed by atoms with van der Waals surface area (Å²) in [5.41, 5.74) is 4.33. The summed E-state index contributed by atoms with van der Waals surface area (Å²) in [4.78, 5) is 18.9. The lowest BCUT2D eigenvalue weighted by atomic mass is 9.79. The van der Waals surface area contributed by atoms with Crippen molar-refractivity contribution in [2.24, 2.45) is 0 Å². The predicted molar refractivity (Wildman–Crippen MR) is 120 cm³/mol. The minimum Gasteiger partial charge on any atom is -0.468 e. The zero-order chi connectivity index (χ0) is 22.2. The molecule has 2 aromatic carbocycles. The van der Waals surface area contributed by atoms with Gasteiger partial charge in [0.15, 0.2) is 0 Å². The van der Waals surface area contributed by atoms with Gasteiger partial charge < -0.3 is 20.1 Å². The number of aliphatic hydroxyl groups excluding tert-OH is 1. The van der Waals surface area contributed by atoms with E-state index in [0.717, 1.165) is 40.6 Å². The van der Waals surface area contributed by atoms with Gasteiger partial charge in [0, 0.05) is 41.6 Å². The van der Waals surface area contributed by atoms with Crippen LogP contribution in [-0.4, -0.2) is 53.3 Å². The second-order valence-corrected chi connectivity index (χ2v) is 8.68. The van der Waals surface area contributed by atoms with Crippen LogP contribution in [0, 0.1) is 5.82 Å². The molecule has 0 saturated carbocycles. The maximum Gasteiger partial charge on any atom is 0.323 e. The maximum atomic E-state index is 13.7. The number of nitrogens with one attached hydrogen (secondary N) is 2. The second kappa shape index (κ2) is 8.65. The Morgan fingerprint density at radius 1 is 1.19 bits per heavy atom. The van der Waals surface area contributed by atoms with Crippen LogP contribution in [0.25, 0.3) is 10.9 Å². The van der Waals surface area contributed by atoms with Crippen LogP contribution in [0.1, 0.15) is 41.7 Å². The van der Waals surface area contributed by atoms with E-state index in [1.54, 1.807) is 12.1 Å². The van der Waals surface area contributed by atoms with Crippen LogP contribution in [0.2, 0.25) is 0 Å². The molecule has 0 spiro atoms. The van der Waals surface area contributed by atoms with Crippen molar-refractivity contribution in [3.05, 3.63) is 71.2 Å². The van der Waals surface area contributed by atoms with Gasteiger partial charge >= 0.3 is 5.97 Å². The summed E-state index contributed by atoms with van der Waals surface area (Å²) < 4.78 is 18.9. The number of nitrogens with zero attached hydrogens (tertiary/aromatic N) is 1. The van der Waals surface area contributed by atoms with Crippen LogP contribution >= 0.6 is 0 Å². The molecule has 1 saturated heterocycles. The molecule has 0 radical (unpaired) electrons. The van der Waals surface area contributed by atoms with Gasteiger partial charge in [0.1, 0.15) is 11.9 Å². The third-order valence-electron chi connectivity index (χ3n) is 6.95. The van der Waals surface area contributed by atoms with E-state index in [2.05, 4.69) is 27.3 Å². The van der Waals surface area contributed by atoms with Gasteiger partial charge in [0.25, 0.3) is 0 Å². The van der Waals surface area contributed by atoms with Crippen molar-refractivity contribution in [3.63, 3.8) is 0 Å². The Kier molecular flexibility index (Phi) is 5.71. The summed E-state index contributed by atoms with van der Waals surface area (Å²) in [5.74, 6) is -0.531. The monoisotopic (exact) mass is 437 g/mol. The second-order valence-electron chi connectivity index (χ2n) is 8.68. The molecule has 3 heterocycles. The molecule has 2 aliphatic heterocycles. The van der Waals surface area contributed by atoms with E-state index in [-0.39, 0.29) is 36.5 Å². The average molecular weight is 438 g/mol. The molecule has 32 heavy (non-hydrogen) atoms. The Hall–Kier alpha value is -2.74. The number of carbonyl (C=O) groups excluding carboxylic acids is 1. The number of methoxy groups -OCH3 is 1. The van der Waals surface area contributed by atoms with Crippen LogP contribution < -0.4 is 5.32 Å². The van der Waals surface area contributed by atoms with Gasteiger partial charge in [0.2, 0.25) is 0 Å².